The van der Waals surface area contributed by atoms with Gasteiger partial charge in [-0.1, -0.05) is 24.3 Å². The first kappa shape index (κ1) is 11.6. The predicted octanol–water partition coefficient (Wildman–Crippen LogP) is 2.17. The number of rotatable bonds is 4. The fraction of sp³-hybridized carbons (Fsp3) is 0.571. The van der Waals surface area contributed by atoms with E-state index < -0.39 is 0 Å². The van der Waals surface area contributed by atoms with Crippen molar-refractivity contribution in [2.75, 3.05) is 13.7 Å². The molecule has 2 heteroatoms. The minimum Gasteiger partial charge on any atom is -0.383 e. The lowest BCUT2D eigenvalue weighted by Gasteiger charge is -2.28. The first-order chi connectivity index (χ1) is 7.79. The van der Waals surface area contributed by atoms with Gasteiger partial charge in [0.1, 0.15) is 0 Å². The minimum atomic E-state index is 0.445. The molecule has 1 aromatic rings. The molecule has 0 saturated carbocycles. The monoisotopic (exact) mass is 219 g/mol. The molecule has 2 rings (SSSR count). The molecule has 16 heavy (non-hydrogen) atoms. The number of methoxy groups -OCH3 is 1. The predicted molar refractivity (Wildman–Crippen MR) is 66.7 cm³/mol. The van der Waals surface area contributed by atoms with Crippen LogP contribution in [0.3, 0.4) is 0 Å². The Bertz CT molecular complexity index is 337. The highest BCUT2D eigenvalue weighted by molar-refractivity contribution is 5.30. The molecule has 0 unspecified atom stereocenters. The van der Waals surface area contributed by atoms with Gasteiger partial charge in [-0.3, -0.25) is 0 Å². The minimum absolute atomic E-state index is 0.445. The second-order valence-corrected chi connectivity index (χ2v) is 4.73. The van der Waals surface area contributed by atoms with E-state index in [1.54, 1.807) is 7.11 Å². The molecule has 0 spiro atoms. The molecule has 1 aromatic carbocycles. The summed E-state index contributed by atoms with van der Waals surface area (Å²) in [5, 5.41) is 3.64. The van der Waals surface area contributed by atoms with E-state index >= 15 is 0 Å². The second kappa shape index (κ2) is 5.46. The van der Waals surface area contributed by atoms with E-state index in [1.807, 2.05) is 0 Å². The van der Waals surface area contributed by atoms with Gasteiger partial charge in [-0.15, -0.1) is 0 Å². The van der Waals surface area contributed by atoms with E-state index in [4.69, 9.17) is 4.74 Å². The van der Waals surface area contributed by atoms with Crippen LogP contribution in [-0.4, -0.2) is 25.8 Å². The Labute approximate surface area is 98.0 Å². The Morgan fingerprint density at radius 2 is 2.12 bits per heavy atom. The number of ether oxygens (including phenoxy) is 1. The molecule has 0 bridgehead atoms. The fourth-order valence-corrected chi connectivity index (χ4v) is 2.54. The summed E-state index contributed by atoms with van der Waals surface area (Å²) in [7, 11) is 1.76. The maximum absolute atomic E-state index is 5.15. The molecule has 0 amide bonds. The van der Waals surface area contributed by atoms with E-state index in [-0.39, 0.29) is 0 Å². The Hall–Kier alpha value is -0.860. The van der Waals surface area contributed by atoms with Gasteiger partial charge in [0.2, 0.25) is 0 Å². The lowest BCUT2D eigenvalue weighted by Crippen LogP contribution is -2.42. The molecule has 0 saturated heterocycles. The average molecular weight is 219 g/mol. The maximum atomic E-state index is 5.15. The largest absolute Gasteiger partial charge is 0.383 e. The summed E-state index contributed by atoms with van der Waals surface area (Å²) in [6.07, 6.45) is 3.60. The normalized spacial score (nSPS) is 21.5. The van der Waals surface area contributed by atoms with Gasteiger partial charge in [-0.05, 0) is 37.3 Å². The maximum Gasteiger partial charge on any atom is 0.0613 e. The molecule has 0 aliphatic heterocycles. The topological polar surface area (TPSA) is 21.3 Å². The quantitative estimate of drug-likeness (QED) is 0.838. The third-order valence-electron chi connectivity index (χ3n) is 3.28. The highest BCUT2D eigenvalue weighted by Crippen LogP contribution is 2.21. The van der Waals surface area contributed by atoms with Gasteiger partial charge in [0.25, 0.3) is 0 Å². The molecule has 0 fully saturated rings. The van der Waals surface area contributed by atoms with Crippen LogP contribution in [0.4, 0.5) is 0 Å². The molecule has 1 N–H and O–H groups in total. The Balaban J connectivity index is 1.92. The number of hydrogen-bond donors (Lipinski definition) is 1. The fourth-order valence-electron chi connectivity index (χ4n) is 2.54. The number of nitrogens with one attached hydrogen (secondary N) is 1. The zero-order valence-electron chi connectivity index (χ0n) is 10.2. The molecule has 2 nitrogen and oxygen atoms in total. The SMILES string of the molecule is COC[C@H](C)N[C@@H]1CCc2ccccc2C1. The van der Waals surface area contributed by atoms with Crippen LogP contribution in [0, 0.1) is 0 Å². The van der Waals surface area contributed by atoms with Gasteiger partial charge < -0.3 is 10.1 Å². The zero-order chi connectivity index (χ0) is 11.4. The standard InChI is InChI=1S/C14H21NO/c1-11(10-16-2)15-14-8-7-12-5-3-4-6-13(12)9-14/h3-6,11,14-15H,7-10H2,1-2H3/t11-,14+/m0/s1. The second-order valence-electron chi connectivity index (χ2n) is 4.73. The Morgan fingerprint density at radius 3 is 2.88 bits per heavy atom. The van der Waals surface area contributed by atoms with Gasteiger partial charge in [0, 0.05) is 19.2 Å². The molecule has 0 radical (unpaired) electrons. The van der Waals surface area contributed by atoms with Crippen molar-refractivity contribution in [1.29, 1.82) is 0 Å². The van der Waals surface area contributed by atoms with Crippen LogP contribution >= 0.6 is 0 Å². The van der Waals surface area contributed by atoms with E-state index in [0.29, 0.717) is 12.1 Å². The number of fused-ring (bicyclic) bond motifs is 1. The van der Waals surface area contributed by atoms with Crippen LogP contribution in [0.25, 0.3) is 0 Å². The summed E-state index contributed by atoms with van der Waals surface area (Å²) < 4.78 is 5.15. The highest BCUT2D eigenvalue weighted by Gasteiger charge is 2.19. The molecular weight excluding hydrogens is 198 g/mol. The lowest BCUT2D eigenvalue weighted by molar-refractivity contribution is 0.165. The smallest absolute Gasteiger partial charge is 0.0613 e. The van der Waals surface area contributed by atoms with Gasteiger partial charge in [0.05, 0.1) is 6.61 Å². The van der Waals surface area contributed by atoms with Crippen molar-refractivity contribution in [2.45, 2.75) is 38.3 Å². The molecule has 2 atom stereocenters. The molecule has 1 aliphatic rings. The van der Waals surface area contributed by atoms with Crippen LogP contribution in [0.15, 0.2) is 24.3 Å². The molecule has 0 aromatic heterocycles. The van der Waals surface area contributed by atoms with Crippen LogP contribution < -0.4 is 5.32 Å². The number of hydrogen-bond acceptors (Lipinski definition) is 2. The Kier molecular flexibility index (Phi) is 3.97. The highest BCUT2D eigenvalue weighted by atomic mass is 16.5. The third kappa shape index (κ3) is 2.83. The summed E-state index contributed by atoms with van der Waals surface area (Å²) in [5.74, 6) is 0. The van der Waals surface area contributed by atoms with Gasteiger partial charge in [-0.2, -0.15) is 0 Å². The number of aryl methyl sites for hydroxylation is 1. The molecule has 88 valence electrons. The van der Waals surface area contributed by atoms with Crippen molar-refractivity contribution in [3.63, 3.8) is 0 Å². The molecule has 1 aliphatic carbocycles. The zero-order valence-corrected chi connectivity index (χ0v) is 10.2. The summed E-state index contributed by atoms with van der Waals surface area (Å²) in [5.41, 5.74) is 3.04. The van der Waals surface area contributed by atoms with Crippen LogP contribution in [0.1, 0.15) is 24.5 Å². The third-order valence-corrected chi connectivity index (χ3v) is 3.28. The average Bonchev–Trinajstić information content (AvgIpc) is 2.29. The van der Waals surface area contributed by atoms with Crippen molar-refractivity contribution in [1.82, 2.24) is 5.32 Å². The van der Waals surface area contributed by atoms with Gasteiger partial charge >= 0.3 is 0 Å². The van der Waals surface area contributed by atoms with Crippen molar-refractivity contribution in [3.05, 3.63) is 35.4 Å². The van der Waals surface area contributed by atoms with Crippen LogP contribution in [0.5, 0.6) is 0 Å². The van der Waals surface area contributed by atoms with Crippen LogP contribution in [0.2, 0.25) is 0 Å². The van der Waals surface area contributed by atoms with E-state index in [2.05, 4.69) is 36.5 Å². The van der Waals surface area contributed by atoms with Crippen molar-refractivity contribution in [2.24, 2.45) is 0 Å². The summed E-state index contributed by atoms with van der Waals surface area (Å²) >= 11 is 0. The van der Waals surface area contributed by atoms with Crippen molar-refractivity contribution in [3.8, 4) is 0 Å². The Morgan fingerprint density at radius 1 is 1.38 bits per heavy atom. The first-order valence-electron chi connectivity index (χ1n) is 6.11. The van der Waals surface area contributed by atoms with E-state index in [9.17, 15) is 0 Å². The van der Waals surface area contributed by atoms with E-state index in [1.165, 1.54) is 24.0 Å². The van der Waals surface area contributed by atoms with Gasteiger partial charge in [0.15, 0.2) is 0 Å². The summed E-state index contributed by atoms with van der Waals surface area (Å²) in [6, 6.07) is 9.84. The van der Waals surface area contributed by atoms with Crippen LogP contribution in [-0.2, 0) is 17.6 Å². The van der Waals surface area contributed by atoms with Gasteiger partial charge in [-0.25, -0.2) is 0 Å². The van der Waals surface area contributed by atoms with Crippen molar-refractivity contribution >= 4 is 0 Å². The summed E-state index contributed by atoms with van der Waals surface area (Å²) in [6.45, 7) is 2.97. The van der Waals surface area contributed by atoms with Crippen molar-refractivity contribution < 1.29 is 4.74 Å². The summed E-state index contributed by atoms with van der Waals surface area (Å²) in [4.78, 5) is 0. The number of benzene rings is 1. The first-order valence-corrected chi connectivity index (χ1v) is 6.11. The lowest BCUT2D eigenvalue weighted by atomic mass is 9.88. The van der Waals surface area contributed by atoms with E-state index in [0.717, 1.165) is 13.0 Å². The molecule has 0 heterocycles. The molecular formula is C14H21NO.